The number of anilines is 1. The molecule has 0 aliphatic heterocycles. The van der Waals surface area contributed by atoms with Gasteiger partial charge in [-0.3, -0.25) is 0 Å². The molecule has 0 atom stereocenters. The molecule has 0 fully saturated rings. The largest absolute Gasteiger partial charge is 0.381 e. The van der Waals surface area contributed by atoms with Crippen LogP contribution >= 0.6 is 22.9 Å². The zero-order valence-corrected chi connectivity index (χ0v) is 13.2. The molecule has 1 heterocycles. The molecule has 3 rings (SSSR count). The Morgan fingerprint density at radius 2 is 2.10 bits per heavy atom. The van der Waals surface area contributed by atoms with Gasteiger partial charge in [0.25, 0.3) is 0 Å². The van der Waals surface area contributed by atoms with Crippen molar-refractivity contribution in [3.8, 4) is 10.6 Å². The lowest BCUT2D eigenvalue weighted by Crippen LogP contribution is -1.99. The van der Waals surface area contributed by atoms with Gasteiger partial charge in [-0.25, -0.2) is 4.98 Å². The molecule has 1 N–H and O–H groups in total. The Hall–Kier alpha value is -1.84. The molecule has 0 saturated heterocycles. The van der Waals surface area contributed by atoms with E-state index in [2.05, 4.69) is 34.6 Å². The van der Waals surface area contributed by atoms with Crippen molar-refractivity contribution in [1.82, 2.24) is 4.98 Å². The molecule has 1 aromatic heterocycles. The van der Waals surface area contributed by atoms with Crippen molar-refractivity contribution in [3.63, 3.8) is 0 Å². The Kier molecular flexibility index (Phi) is 4.23. The summed E-state index contributed by atoms with van der Waals surface area (Å²) in [7, 11) is 0. The standard InChI is InChI=1S/C17H15ClN2S/c1-12-5-6-13(9-16(12)18)11-20-15-4-2-3-14(10-15)17-19-7-8-21-17/h2-10,20H,11H2,1H3. The fourth-order valence-corrected chi connectivity index (χ4v) is 2.92. The van der Waals surface area contributed by atoms with E-state index < -0.39 is 0 Å². The van der Waals surface area contributed by atoms with Crippen LogP contribution in [-0.2, 0) is 6.54 Å². The minimum absolute atomic E-state index is 0.751. The van der Waals surface area contributed by atoms with E-state index in [9.17, 15) is 0 Å². The summed E-state index contributed by atoms with van der Waals surface area (Å²) in [6.45, 7) is 2.76. The van der Waals surface area contributed by atoms with Crippen LogP contribution in [0, 0.1) is 6.92 Å². The van der Waals surface area contributed by atoms with Crippen LogP contribution in [0.4, 0.5) is 5.69 Å². The van der Waals surface area contributed by atoms with Crippen LogP contribution in [0.15, 0.2) is 54.0 Å². The van der Waals surface area contributed by atoms with Crippen LogP contribution in [-0.4, -0.2) is 4.98 Å². The zero-order chi connectivity index (χ0) is 14.7. The van der Waals surface area contributed by atoms with Gasteiger partial charge in [0.2, 0.25) is 0 Å². The van der Waals surface area contributed by atoms with Crippen molar-refractivity contribution in [2.45, 2.75) is 13.5 Å². The summed E-state index contributed by atoms with van der Waals surface area (Å²) in [5, 5.41) is 7.27. The van der Waals surface area contributed by atoms with E-state index >= 15 is 0 Å². The van der Waals surface area contributed by atoms with Gasteiger partial charge in [0.05, 0.1) is 0 Å². The number of nitrogens with one attached hydrogen (secondary N) is 1. The van der Waals surface area contributed by atoms with E-state index in [4.69, 9.17) is 11.6 Å². The highest BCUT2D eigenvalue weighted by Crippen LogP contribution is 2.25. The lowest BCUT2D eigenvalue weighted by atomic mass is 10.1. The van der Waals surface area contributed by atoms with Crippen LogP contribution in [0.2, 0.25) is 5.02 Å². The lowest BCUT2D eigenvalue weighted by Gasteiger charge is -2.09. The third-order valence-corrected chi connectivity index (χ3v) is 4.50. The van der Waals surface area contributed by atoms with Crippen LogP contribution in [0.1, 0.15) is 11.1 Å². The van der Waals surface area contributed by atoms with Gasteiger partial charge < -0.3 is 5.32 Å². The molecule has 4 heteroatoms. The summed E-state index contributed by atoms with van der Waals surface area (Å²) in [6.07, 6.45) is 1.83. The molecule has 0 spiro atoms. The maximum absolute atomic E-state index is 6.15. The van der Waals surface area contributed by atoms with Gasteiger partial charge >= 0.3 is 0 Å². The molecule has 0 radical (unpaired) electrons. The van der Waals surface area contributed by atoms with E-state index in [-0.39, 0.29) is 0 Å². The van der Waals surface area contributed by atoms with E-state index in [1.54, 1.807) is 11.3 Å². The number of nitrogens with zero attached hydrogens (tertiary/aromatic N) is 1. The molecule has 3 aromatic rings. The molecule has 0 aliphatic carbocycles. The third-order valence-electron chi connectivity index (χ3n) is 3.27. The number of rotatable bonds is 4. The Bertz CT molecular complexity index is 738. The highest BCUT2D eigenvalue weighted by Gasteiger charge is 2.02. The number of aryl methyl sites for hydroxylation is 1. The first kappa shape index (κ1) is 14.1. The number of hydrogen-bond acceptors (Lipinski definition) is 3. The molecule has 2 aromatic carbocycles. The summed E-state index contributed by atoms with van der Waals surface area (Å²) in [4.78, 5) is 4.34. The lowest BCUT2D eigenvalue weighted by molar-refractivity contribution is 1.14. The Balaban J connectivity index is 1.73. The summed E-state index contributed by atoms with van der Waals surface area (Å²) in [5.41, 5.74) is 4.49. The van der Waals surface area contributed by atoms with Crippen molar-refractivity contribution >= 4 is 28.6 Å². The highest BCUT2D eigenvalue weighted by atomic mass is 35.5. The minimum Gasteiger partial charge on any atom is -0.381 e. The predicted octanol–water partition coefficient (Wildman–Crippen LogP) is 5.38. The van der Waals surface area contributed by atoms with Crippen LogP contribution in [0.25, 0.3) is 10.6 Å². The number of thiazole rings is 1. The van der Waals surface area contributed by atoms with E-state index in [0.717, 1.165) is 33.4 Å². The third kappa shape index (κ3) is 3.43. The molecule has 2 nitrogen and oxygen atoms in total. The number of halogens is 1. The van der Waals surface area contributed by atoms with Crippen molar-refractivity contribution in [1.29, 1.82) is 0 Å². The fraction of sp³-hybridized carbons (Fsp3) is 0.118. The van der Waals surface area contributed by atoms with E-state index in [1.807, 2.05) is 36.7 Å². The topological polar surface area (TPSA) is 24.9 Å². The molecule has 0 amide bonds. The van der Waals surface area contributed by atoms with Crippen LogP contribution in [0.3, 0.4) is 0 Å². The fourth-order valence-electron chi connectivity index (χ4n) is 2.08. The first-order chi connectivity index (χ1) is 10.2. The van der Waals surface area contributed by atoms with Gasteiger partial charge in [-0.2, -0.15) is 0 Å². The first-order valence-corrected chi connectivity index (χ1v) is 7.97. The zero-order valence-electron chi connectivity index (χ0n) is 11.6. The smallest absolute Gasteiger partial charge is 0.123 e. The first-order valence-electron chi connectivity index (χ1n) is 6.71. The molecule has 0 bridgehead atoms. The molecule has 21 heavy (non-hydrogen) atoms. The van der Waals surface area contributed by atoms with Crippen molar-refractivity contribution in [2.24, 2.45) is 0 Å². The molecule has 0 aliphatic rings. The van der Waals surface area contributed by atoms with Gasteiger partial charge in [-0.1, -0.05) is 35.9 Å². The summed E-state index contributed by atoms with van der Waals surface area (Å²) in [6, 6.07) is 14.5. The van der Waals surface area contributed by atoms with Crippen molar-refractivity contribution in [3.05, 3.63) is 70.2 Å². The Labute approximate surface area is 133 Å². The van der Waals surface area contributed by atoms with Gasteiger partial charge in [0.1, 0.15) is 5.01 Å². The molecular formula is C17H15ClN2S. The van der Waals surface area contributed by atoms with Gasteiger partial charge in [0, 0.05) is 34.4 Å². The molecule has 0 saturated carbocycles. The van der Waals surface area contributed by atoms with E-state index in [1.165, 1.54) is 5.56 Å². The SMILES string of the molecule is Cc1ccc(CNc2cccc(-c3nccs3)c2)cc1Cl. The normalized spacial score (nSPS) is 10.6. The second kappa shape index (κ2) is 6.29. The van der Waals surface area contributed by atoms with Gasteiger partial charge in [-0.05, 0) is 36.2 Å². The van der Waals surface area contributed by atoms with Crippen LogP contribution < -0.4 is 5.32 Å². The molecule has 106 valence electrons. The average molecular weight is 315 g/mol. The Morgan fingerprint density at radius 3 is 2.86 bits per heavy atom. The van der Waals surface area contributed by atoms with Crippen molar-refractivity contribution in [2.75, 3.05) is 5.32 Å². The average Bonchev–Trinajstić information content (AvgIpc) is 3.03. The maximum atomic E-state index is 6.15. The van der Waals surface area contributed by atoms with Gasteiger partial charge in [-0.15, -0.1) is 11.3 Å². The summed E-state index contributed by atoms with van der Waals surface area (Å²) < 4.78 is 0. The maximum Gasteiger partial charge on any atom is 0.123 e. The summed E-state index contributed by atoms with van der Waals surface area (Å²) >= 11 is 7.80. The number of aromatic nitrogens is 1. The molecule has 0 unspecified atom stereocenters. The summed E-state index contributed by atoms with van der Waals surface area (Å²) in [5.74, 6) is 0. The second-order valence-corrected chi connectivity index (χ2v) is 6.16. The molecular weight excluding hydrogens is 300 g/mol. The number of benzene rings is 2. The Morgan fingerprint density at radius 1 is 1.19 bits per heavy atom. The second-order valence-electron chi connectivity index (χ2n) is 4.86. The minimum atomic E-state index is 0.751. The highest BCUT2D eigenvalue weighted by molar-refractivity contribution is 7.13. The van der Waals surface area contributed by atoms with Crippen molar-refractivity contribution < 1.29 is 0 Å². The quantitative estimate of drug-likeness (QED) is 0.699. The van der Waals surface area contributed by atoms with E-state index in [0.29, 0.717) is 0 Å². The van der Waals surface area contributed by atoms with Crippen LogP contribution in [0.5, 0.6) is 0 Å². The van der Waals surface area contributed by atoms with Gasteiger partial charge in [0.15, 0.2) is 0 Å². The number of hydrogen-bond donors (Lipinski definition) is 1. The predicted molar refractivity (Wildman–Crippen MR) is 91.1 cm³/mol. The monoisotopic (exact) mass is 314 g/mol.